The van der Waals surface area contributed by atoms with Gasteiger partial charge in [0.25, 0.3) is 5.91 Å². The predicted molar refractivity (Wildman–Crippen MR) is 81.6 cm³/mol. The minimum Gasteiger partial charge on any atom is -0.494 e. The van der Waals surface area contributed by atoms with Crippen LogP contribution in [0.5, 0.6) is 17.2 Å². The van der Waals surface area contributed by atoms with Gasteiger partial charge in [-0.1, -0.05) is 6.07 Å². The number of rotatable bonds is 5. The summed E-state index contributed by atoms with van der Waals surface area (Å²) in [6, 6.07) is 9.78. The van der Waals surface area contributed by atoms with Crippen LogP contribution in [0.1, 0.15) is 15.9 Å². The Morgan fingerprint density at radius 1 is 1.22 bits per heavy atom. The van der Waals surface area contributed by atoms with Crippen LogP contribution in [-0.4, -0.2) is 26.4 Å². The number of halogens is 1. The van der Waals surface area contributed by atoms with Crippen LogP contribution in [0.25, 0.3) is 0 Å². The van der Waals surface area contributed by atoms with E-state index in [0.29, 0.717) is 30.0 Å². The molecule has 2 aromatic carbocycles. The molecule has 0 unspecified atom stereocenters. The van der Waals surface area contributed by atoms with E-state index >= 15 is 0 Å². The Balaban J connectivity index is 1.56. The molecule has 6 heteroatoms. The normalized spacial score (nSPS) is 12.1. The first kappa shape index (κ1) is 15.1. The highest BCUT2D eigenvalue weighted by Gasteiger charge is 2.16. The van der Waals surface area contributed by atoms with Gasteiger partial charge < -0.3 is 19.5 Å². The summed E-state index contributed by atoms with van der Waals surface area (Å²) in [5.74, 6) is 0.785. The summed E-state index contributed by atoms with van der Waals surface area (Å²) in [5.41, 5.74) is 1.28. The molecule has 5 nitrogen and oxygen atoms in total. The van der Waals surface area contributed by atoms with E-state index in [0.717, 1.165) is 5.56 Å². The standard InChI is InChI=1S/C17H16FNO4/c1-21-14-4-2-11(8-13(14)18)6-7-19-17(20)12-3-5-15-16(9-12)23-10-22-15/h2-5,8-9H,6-7,10H2,1H3,(H,19,20). The summed E-state index contributed by atoms with van der Waals surface area (Å²) in [7, 11) is 1.42. The lowest BCUT2D eigenvalue weighted by Crippen LogP contribution is -2.25. The first-order chi connectivity index (χ1) is 11.2. The molecule has 0 spiro atoms. The minimum atomic E-state index is -0.410. The van der Waals surface area contributed by atoms with Gasteiger partial charge in [-0.05, 0) is 42.3 Å². The Morgan fingerprint density at radius 2 is 2.04 bits per heavy atom. The van der Waals surface area contributed by atoms with Gasteiger partial charge in [-0.2, -0.15) is 0 Å². The third-order valence-electron chi connectivity index (χ3n) is 3.55. The predicted octanol–water partition coefficient (Wildman–Crippen LogP) is 2.54. The van der Waals surface area contributed by atoms with Crippen molar-refractivity contribution in [3.63, 3.8) is 0 Å². The number of fused-ring (bicyclic) bond motifs is 1. The number of carbonyl (C=O) groups excluding carboxylic acids is 1. The molecular formula is C17H16FNO4. The monoisotopic (exact) mass is 317 g/mol. The summed E-state index contributed by atoms with van der Waals surface area (Å²) in [6.07, 6.45) is 0.525. The van der Waals surface area contributed by atoms with E-state index in [2.05, 4.69) is 5.32 Å². The molecule has 1 amide bonds. The first-order valence-electron chi connectivity index (χ1n) is 7.17. The van der Waals surface area contributed by atoms with E-state index in [-0.39, 0.29) is 18.4 Å². The van der Waals surface area contributed by atoms with E-state index in [4.69, 9.17) is 14.2 Å². The van der Waals surface area contributed by atoms with Gasteiger partial charge in [0.05, 0.1) is 7.11 Å². The largest absolute Gasteiger partial charge is 0.494 e. The smallest absolute Gasteiger partial charge is 0.251 e. The SMILES string of the molecule is COc1ccc(CCNC(=O)c2ccc3c(c2)OCO3)cc1F. The van der Waals surface area contributed by atoms with Gasteiger partial charge in [-0.3, -0.25) is 4.79 Å². The molecular weight excluding hydrogens is 301 g/mol. The number of methoxy groups -OCH3 is 1. The van der Waals surface area contributed by atoms with Gasteiger partial charge in [-0.25, -0.2) is 4.39 Å². The topological polar surface area (TPSA) is 56.8 Å². The highest BCUT2D eigenvalue weighted by molar-refractivity contribution is 5.94. The minimum absolute atomic E-state index is 0.170. The van der Waals surface area contributed by atoms with Crippen LogP contribution >= 0.6 is 0 Å². The Kier molecular flexibility index (Phi) is 4.32. The highest BCUT2D eigenvalue weighted by Crippen LogP contribution is 2.32. The molecule has 0 fully saturated rings. The zero-order valence-corrected chi connectivity index (χ0v) is 12.6. The van der Waals surface area contributed by atoms with Crippen molar-refractivity contribution in [2.24, 2.45) is 0 Å². The second-order valence-electron chi connectivity index (χ2n) is 5.04. The van der Waals surface area contributed by atoms with E-state index in [9.17, 15) is 9.18 Å². The van der Waals surface area contributed by atoms with Crippen LogP contribution in [0, 0.1) is 5.82 Å². The molecule has 0 saturated heterocycles. The van der Waals surface area contributed by atoms with E-state index in [1.54, 1.807) is 30.3 Å². The molecule has 1 aliphatic heterocycles. The van der Waals surface area contributed by atoms with Crippen molar-refractivity contribution in [1.29, 1.82) is 0 Å². The number of nitrogens with one attached hydrogen (secondary N) is 1. The van der Waals surface area contributed by atoms with Gasteiger partial charge in [-0.15, -0.1) is 0 Å². The molecule has 0 atom stereocenters. The van der Waals surface area contributed by atoms with Crippen LogP contribution < -0.4 is 19.5 Å². The molecule has 0 bridgehead atoms. The first-order valence-corrected chi connectivity index (χ1v) is 7.17. The van der Waals surface area contributed by atoms with Crippen molar-refractivity contribution in [2.45, 2.75) is 6.42 Å². The highest BCUT2D eigenvalue weighted by atomic mass is 19.1. The number of carbonyl (C=O) groups is 1. The van der Waals surface area contributed by atoms with Crippen molar-refractivity contribution < 1.29 is 23.4 Å². The number of ether oxygens (including phenoxy) is 3. The lowest BCUT2D eigenvalue weighted by molar-refractivity contribution is 0.0953. The Morgan fingerprint density at radius 3 is 2.83 bits per heavy atom. The quantitative estimate of drug-likeness (QED) is 0.921. The van der Waals surface area contributed by atoms with Crippen molar-refractivity contribution >= 4 is 5.91 Å². The number of hydrogen-bond donors (Lipinski definition) is 1. The fourth-order valence-electron chi connectivity index (χ4n) is 2.33. The van der Waals surface area contributed by atoms with Crippen molar-refractivity contribution in [1.82, 2.24) is 5.32 Å². The van der Waals surface area contributed by atoms with E-state index in [1.165, 1.54) is 13.2 Å². The van der Waals surface area contributed by atoms with Crippen LogP contribution in [0.2, 0.25) is 0 Å². The van der Waals surface area contributed by atoms with Crippen LogP contribution in [-0.2, 0) is 6.42 Å². The maximum atomic E-state index is 13.6. The lowest BCUT2D eigenvalue weighted by atomic mass is 10.1. The maximum absolute atomic E-state index is 13.6. The van der Waals surface area contributed by atoms with Crippen LogP contribution in [0.3, 0.4) is 0 Å². The number of amides is 1. The molecule has 0 aromatic heterocycles. The van der Waals surface area contributed by atoms with Crippen LogP contribution in [0.15, 0.2) is 36.4 Å². The van der Waals surface area contributed by atoms with Gasteiger partial charge in [0.2, 0.25) is 6.79 Å². The van der Waals surface area contributed by atoms with Gasteiger partial charge in [0.15, 0.2) is 23.1 Å². The fraction of sp³-hybridized carbons (Fsp3) is 0.235. The molecule has 1 N–H and O–H groups in total. The van der Waals surface area contributed by atoms with Gasteiger partial charge in [0, 0.05) is 12.1 Å². The molecule has 2 aromatic rings. The number of benzene rings is 2. The average molecular weight is 317 g/mol. The van der Waals surface area contributed by atoms with Gasteiger partial charge >= 0.3 is 0 Å². The Labute approximate surface area is 133 Å². The summed E-state index contributed by atoms with van der Waals surface area (Å²) in [6.45, 7) is 0.572. The molecule has 0 radical (unpaired) electrons. The summed E-state index contributed by atoms with van der Waals surface area (Å²) in [5, 5.41) is 2.80. The molecule has 1 heterocycles. The van der Waals surface area contributed by atoms with Crippen molar-refractivity contribution in [3.05, 3.63) is 53.3 Å². The third kappa shape index (κ3) is 3.36. The Bertz CT molecular complexity index is 733. The fourth-order valence-corrected chi connectivity index (χ4v) is 2.33. The lowest BCUT2D eigenvalue weighted by Gasteiger charge is -2.07. The zero-order chi connectivity index (χ0) is 16.2. The van der Waals surface area contributed by atoms with E-state index < -0.39 is 5.82 Å². The second kappa shape index (κ2) is 6.56. The second-order valence-corrected chi connectivity index (χ2v) is 5.04. The third-order valence-corrected chi connectivity index (χ3v) is 3.55. The van der Waals surface area contributed by atoms with Gasteiger partial charge in [0.1, 0.15) is 0 Å². The zero-order valence-electron chi connectivity index (χ0n) is 12.6. The van der Waals surface area contributed by atoms with E-state index in [1.807, 2.05) is 0 Å². The molecule has 120 valence electrons. The van der Waals surface area contributed by atoms with Crippen molar-refractivity contribution in [2.75, 3.05) is 20.4 Å². The summed E-state index contributed by atoms with van der Waals surface area (Å²) < 4.78 is 28.9. The molecule has 23 heavy (non-hydrogen) atoms. The van der Waals surface area contributed by atoms with Crippen molar-refractivity contribution in [3.8, 4) is 17.2 Å². The van der Waals surface area contributed by atoms with Crippen LogP contribution in [0.4, 0.5) is 4.39 Å². The molecule has 0 aliphatic carbocycles. The average Bonchev–Trinajstić information content (AvgIpc) is 3.02. The molecule has 1 aliphatic rings. The Hall–Kier alpha value is -2.76. The summed E-state index contributed by atoms with van der Waals surface area (Å²) >= 11 is 0. The summed E-state index contributed by atoms with van der Waals surface area (Å²) in [4.78, 5) is 12.1. The number of hydrogen-bond acceptors (Lipinski definition) is 4. The molecule has 0 saturated carbocycles. The molecule has 3 rings (SSSR count). The maximum Gasteiger partial charge on any atom is 0.251 e.